The van der Waals surface area contributed by atoms with Gasteiger partial charge in [-0.1, -0.05) is 22.9 Å². The van der Waals surface area contributed by atoms with Crippen LogP contribution < -0.4 is 10.1 Å². The number of hydrogen-bond acceptors (Lipinski definition) is 2. The Morgan fingerprint density at radius 1 is 1.47 bits per heavy atom. The molecule has 1 atom stereocenters. The molecule has 0 amide bonds. The fourth-order valence-corrected chi connectivity index (χ4v) is 3.12. The van der Waals surface area contributed by atoms with E-state index < -0.39 is 6.61 Å². The maximum atomic E-state index is 12.4. The third-order valence-corrected chi connectivity index (χ3v) is 4.27. The molecule has 2 rings (SSSR count). The van der Waals surface area contributed by atoms with Gasteiger partial charge in [0.2, 0.25) is 0 Å². The highest BCUT2D eigenvalue weighted by Crippen LogP contribution is 2.33. The van der Waals surface area contributed by atoms with Crippen LogP contribution in [0.1, 0.15) is 31.7 Å². The monoisotopic (exact) mass is 333 g/mol. The highest BCUT2D eigenvalue weighted by molar-refractivity contribution is 9.10. The normalized spacial score (nSPS) is 23.0. The second-order valence-corrected chi connectivity index (χ2v) is 5.89. The second kappa shape index (κ2) is 6.18. The van der Waals surface area contributed by atoms with Gasteiger partial charge in [0.15, 0.2) is 0 Å². The van der Waals surface area contributed by atoms with E-state index in [9.17, 15) is 8.78 Å². The third-order valence-electron chi connectivity index (χ3n) is 3.78. The largest absolute Gasteiger partial charge is 0.435 e. The summed E-state index contributed by atoms with van der Waals surface area (Å²) in [5.74, 6) is 0.278. The Kier molecular flexibility index (Phi) is 4.79. The molecule has 1 aromatic carbocycles. The van der Waals surface area contributed by atoms with E-state index in [0.717, 1.165) is 35.8 Å². The van der Waals surface area contributed by atoms with Gasteiger partial charge in [-0.2, -0.15) is 8.78 Å². The molecule has 1 saturated heterocycles. The molecular formula is C14H18BrF2NO. The minimum Gasteiger partial charge on any atom is -0.435 e. The van der Waals surface area contributed by atoms with Crippen molar-refractivity contribution in [2.45, 2.75) is 44.8 Å². The first-order chi connectivity index (χ1) is 9.04. The molecule has 1 aliphatic heterocycles. The van der Waals surface area contributed by atoms with E-state index in [1.165, 1.54) is 0 Å². The van der Waals surface area contributed by atoms with Crippen molar-refractivity contribution in [2.75, 3.05) is 6.54 Å². The van der Waals surface area contributed by atoms with Crippen LogP contribution in [-0.4, -0.2) is 18.7 Å². The Balaban J connectivity index is 2.24. The summed E-state index contributed by atoms with van der Waals surface area (Å²) < 4.78 is 30.4. The number of halogens is 3. The molecule has 0 aliphatic carbocycles. The fourth-order valence-electron chi connectivity index (χ4n) is 2.71. The summed E-state index contributed by atoms with van der Waals surface area (Å²) in [6.07, 6.45) is 3.90. The van der Waals surface area contributed by atoms with Gasteiger partial charge in [-0.15, -0.1) is 0 Å². The lowest BCUT2D eigenvalue weighted by atomic mass is 9.86. The van der Waals surface area contributed by atoms with Crippen LogP contribution in [0.3, 0.4) is 0 Å². The molecule has 2 nitrogen and oxygen atoms in total. The zero-order valence-electron chi connectivity index (χ0n) is 10.9. The van der Waals surface area contributed by atoms with E-state index in [-0.39, 0.29) is 11.3 Å². The van der Waals surface area contributed by atoms with Crippen LogP contribution in [-0.2, 0) is 6.42 Å². The van der Waals surface area contributed by atoms with E-state index in [1.54, 1.807) is 12.1 Å². The quantitative estimate of drug-likeness (QED) is 0.874. The van der Waals surface area contributed by atoms with E-state index in [0.29, 0.717) is 6.42 Å². The number of rotatable bonds is 5. The molecule has 0 saturated carbocycles. The average molecular weight is 334 g/mol. The molecule has 1 heterocycles. The van der Waals surface area contributed by atoms with Gasteiger partial charge in [-0.3, -0.25) is 0 Å². The summed E-state index contributed by atoms with van der Waals surface area (Å²) in [6.45, 7) is 0.339. The predicted molar refractivity (Wildman–Crippen MR) is 74.7 cm³/mol. The summed E-state index contributed by atoms with van der Waals surface area (Å²) in [5, 5.41) is 3.51. The first kappa shape index (κ1) is 14.7. The van der Waals surface area contributed by atoms with Crippen molar-refractivity contribution < 1.29 is 13.5 Å². The highest BCUT2D eigenvalue weighted by Gasteiger charge is 2.32. The minimum absolute atomic E-state index is 0.0149. The molecule has 1 unspecified atom stereocenters. The smallest absolute Gasteiger partial charge is 0.387 e. The third kappa shape index (κ3) is 3.66. The molecule has 1 aromatic rings. The van der Waals surface area contributed by atoms with Gasteiger partial charge in [0.25, 0.3) is 0 Å². The van der Waals surface area contributed by atoms with Gasteiger partial charge in [-0.05, 0) is 56.0 Å². The van der Waals surface area contributed by atoms with Crippen molar-refractivity contribution in [3.8, 4) is 5.75 Å². The highest BCUT2D eigenvalue weighted by atomic mass is 79.9. The van der Waals surface area contributed by atoms with Crippen LogP contribution in [0.15, 0.2) is 22.7 Å². The molecule has 1 fully saturated rings. The van der Waals surface area contributed by atoms with Crippen LogP contribution in [0.2, 0.25) is 0 Å². The molecule has 106 valence electrons. The van der Waals surface area contributed by atoms with Crippen LogP contribution in [0.5, 0.6) is 5.75 Å². The van der Waals surface area contributed by atoms with Crippen molar-refractivity contribution in [1.29, 1.82) is 0 Å². The Bertz CT molecular complexity index is 433. The topological polar surface area (TPSA) is 21.3 Å². The van der Waals surface area contributed by atoms with Gasteiger partial charge in [0.05, 0.1) is 0 Å². The van der Waals surface area contributed by atoms with Gasteiger partial charge < -0.3 is 10.1 Å². The second-order valence-electron chi connectivity index (χ2n) is 4.97. The molecule has 0 spiro atoms. The molecule has 0 aromatic heterocycles. The average Bonchev–Trinajstić information content (AvgIpc) is 2.81. The molecule has 0 radical (unpaired) electrons. The number of hydrogen-bond donors (Lipinski definition) is 1. The van der Waals surface area contributed by atoms with E-state index >= 15 is 0 Å². The van der Waals surface area contributed by atoms with Gasteiger partial charge >= 0.3 is 6.61 Å². The van der Waals surface area contributed by atoms with E-state index in [4.69, 9.17) is 0 Å². The number of benzene rings is 1. The summed E-state index contributed by atoms with van der Waals surface area (Å²) in [4.78, 5) is 0. The van der Waals surface area contributed by atoms with Crippen molar-refractivity contribution in [1.82, 2.24) is 5.32 Å². The minimum atomic E-state index is -2.78. The van der Waals surface area contributed by atoms with E-state index in [1.807, 2.05) is 6.07 Å². The van der Waals surface area contributed by atoms with Crippen LogP contribution >= 0.6 is 15.9 Å². The standard InChI is InChI=1S/C14H18BrF2NO/c1-2-14(6-3-7-18-14)9-10-8-11(15)4-5-12(10)19-13(16)17/h4-5,8,13,18H,2-3,6-7,9H2,1H3. The maximum Gasteiger partial charge on any atom is 0.387 e. The predicted octanol–water partition coefficient (Wildman–Crippen LogP) is 4.13. The number of nitrogens with one attached hydrogen (secondary N) is 1. The summed E-state index contributed by atoms with van der Waals surface area (Å²) >= 11 is 3.39. The molecule has 19 heavy (non-hydrogen) atoms. The van der Waals surface area contributed by atoms with Crippen LogP contribution in [0, 0.1) is 0 Å². The first-order valence-corrected chi connectivity index (χ1v) is 7.32. The lowest BCUT2D eigenvalue weighted by molar-refractivity contribution is -0.0506. The molecular weight excluding hydrogens is 316 g/mol. The first-order valence-electron chi connectivity index (χ1n) is 6.53. The lowest BCUT2D eigenvalue weighted by Crippen LogP contribution is -2.41. The molecule has 0 bridgehead atoms. The molecule has 5 heteroatoms. The maximum absolute atomic E-state index is 12.4. The van der Waals surface area contributed by atoms with Crippen molar-refractivity contribution >= 4 is 15.9 Å². The zero-order chi connectivity index (χ0) is 13.9. The van der Waals surface area contributed by atoms with Crippen molar-refractivity contribution in [3.05, 3.63) is 28.2 Å². The molecule has 1 aliphatic rings. The lowest BCUT2D eigenvalue weighted by Gasteiger charge is -2.29. The Morgan fingerprint density at radius 2 is 2.26 bits per heavy atom. The van der Waals surface area contributed by atoms with Gasteiger partial charge in [0.1, 0.15) is 5.75 Å². The zero-order valence-corrected chi connectivity index (χ0v) is 12.5. The van der Waals surface area contributed by atoms with Gasteiger partial charge in [-0.25, -0.2) is 0 Å². The van der Waals surface area contributed by atoms with Crippen molar-refractivity contribution in [3.63, 3.8) is 0 Å². The van der Waals surface area contributed by atoms with Crippen LogP contribution in [0.25, 0.3) is 0 Å². The number of ether oxygens (including phenoxy) is 1. The van der Waals surface area contributed by atoms with Crippen molar-refractivity contribution in [2.24, 2.45) is 0 Å². The SMILES string of the molecule is CCC1(Cc2cc(Br)ccc2OC(F)F)CCCN1. The molecule has 1 N–H and O–H groups in total. The summed E-state index contributed by atoms with van der Waals surface area (Å²) in [6, 6.07) is 5.20. The number of alkyl halides is 2. The Hall–Kier alpha value is -0.680. The van der Waals surface area contributed by atoms with E-state index in [2.05, 4.69) is 32.9 Å². The van der Waals surface area contributed by atoms with Crippen LogP contribution in [0.4, 0.5) is 8.78 Å². The van der Waals surface area contributed by atoms with Gasteiger partial charge in [0, 0.05) is 10.0 Å². The fraction of sp³-hybridized carbons (Fsp3) is 0.571. The Morgan fingerprint density at radius 3 is 2.84 bits per heavy atom. The summed E-state index contributed by atoms with van der Waals surface area (Å²) in [5.41, 5.74) is 0.840. The Labute approximate surface area is 120 Å². The summed E-state index contributed by atoms with van der Waals surface area (Å²) in [7, 11) is 0.